The van der Waals surface area contributed by atoms with Gasteiger partial charge in [-0.05, 0) is 54.6 Å². The number of hydrogen-bond acceptors (Lipinski definition) is 5. The molecule has 0 saturated carbocycles. The Kier molecular flexibility index (Phi) is 5.48. The third-order valence-corrected chi connectivity index (χ3v) is 6.42. The molecule has 0 unspecified atom stereocenters. The summed E-state index contributed by atoms with van der Waals surface area (Å²) in [5.74, 6) is 0.792. The molecule has 1 amide bonds. The number of nitrogens with two attached hydrogens (primary N) is 1. The average molecular weight is 477 g/mol. The van der Waals surface area contributed by atoms with Crippen molar-refractivity contribution in [1.29, 1.82) is 0 Å². The van der Waals surface area contributed by atoms with E-state index in [1.165, 1.54) is 30.3 Å². The predicted molar refractivity (Wildman–Crippen MR) is 119 cm³/mol. The maximum Gasteiger partial charge on any atom is 0.409 e. The van der Waals surface area contributed by atoms with Gasteiger partial charge in [-0.15, -0.1) is 0 Å². The number of nitrogens with one attached hydrogen (secondary N) is 2. The first-order valence-electron chi connectivity index (χ1n) is 8.77. The SMILES string of the molecule is NC(=O)Oc1ccc2[nH]c(-c3ccc(S(=O)(=O)Nc4ccc(Cl)c(Cl)c4)cc3)nc2c1. The van der Waals surface area contributed by atoms with E-state index in [0.29, 0.717) is 33.1 Å². The molecule has 8 nitrogen and oxygen atoms in total. The fourth-order valence-corrected chi connectivity index (χ4v) is 4.22. The van der Waals surface area contributed by atoms with E-state index in [2.05, 4.69) is 14.7 Å². The van der Waals surface area contributed by atoms with Gasteiger partial charge in [0.15, 0.2) is 0 Å². The van der Waals surface area contributed by atoms with Crippen LogP contribution in [-0.2, 0) is 10.0 Å². The lowest BCUT2D eigenvalue weighted by atomic mass is 10.2. The van der Waals surface area contributed by atoms with E-state index in [0.717, 1.165) is 0 Å². The van der Waals surface area contributed by atoms with Crippen LogP contribution in [0.5, 0.6) is 5.75 Å². The molecule has 0 aliphatic heterocycles. The monoisotopic (exact) mass is 476 g/mol. The zero-order valence-electron chi connectivity index (χ0n) is 15.6. The molecule has 3 aromatic carbocycles. The summed E-state index contributed by atoms with van der Waals surface area (Å²) >= 11 is 11.8. The molecular formula is C20H14Cl2N4O4S. The van der Waals surface area contributed by atoms with Crippen molar-refractivity contribution in [2.75, 3.05) is 4.72 Å². The molecule has 4 aromatic rings. The standard InChI is InChI=1S/C20H14Cl2N4O4S/c21-15-7-3-12(9-16(15)22)26-31(28,29)14-5-1-11(2-6-14)19-24-17-8-4-13(30-20(23)27)10-18(17)25-19/h1-10,26H,(H2,23,27)(H,24,25). The van der Waals surface area contributed by atoms with Crippen LogP contribution in [-0.4, -0.2) is 24.5 Å². The molecule has 1 heterocycles. The topological polar surface area (TPSA) is 127 Å². The molecule has 0 radical (unpaired) electrons. The first-order chi connectivity index (χ1) is 14.7. The second kappa shape index (κ2) is 8.10. The van der Waals surface area contributed by atoms with Crippen molar-refractivity contribution in [1.82, 2.24) is 9.97 Å². The summed E-state index contributed by atoms with van der Waals surface area (Å²) in [6.45, 7) is 0. The Balaban J connectivity index is 1.58. The minimum atomic E-state index is -3.83. The van der Waals surface area contributed by atoms with Crippen molar-refractivity contribution in [3.8, 4) is 17.1 Å². The highest BCUT2D eigenvalue weighted by Crippen LogP contribution is 2.28. The van der Waals surface area contributed by atoms with Crippen molar-refractivity contribution in [3.63, 3.8) is 0 Å². The van der Waals surface area contributed by atoms with E-state index < -0.39 is 16.1 Å². The minimum absolute atomic E-state index is 0.0654. The summed E-state index contributed by atoms with van der Waals surface area (Å²) in [7, 11) is -3.83. The summed E-state index contributed by atoms with van der Waals surface area (Å²) in [6, 6.07) is 15.5. The van der Waals surface area contributed by atoms with Crippen LogP contribution < -0.4 is 15.2 Å². The van der Waals surface area contributed by atoms with Gasteiger partial charge >= 0.3 is 6.09 Å². The number of benzene rings is 3. The Bertz CT molecular complexity index is 1400. The van der Waals surface area contributed by atoms with Crippen LogP contribution in [0.2, 0.25) is 10.0 Å². The highest BCUT2D eigenvalue weighted by Gasteiger charge is 2.16. The van der Waals surface area contributed by atoms with Gasteiger partial charge in [-0.1, -0.05) is 23.2 Å². The largest absolute Gasteiger partial charge is 0.410 e. The molecule has 0 atom stereocenters. The van der Waals surface area contributed by atoms with Crippen LogP contribution in [0.25, 0.3) is 22.4 Å². The van der Waals surface area contributed by atoms with Gasteiger partial charge in [0, 0.05) is 11.6 Å². The number of imidazole rings is 1. The number of fused-ring (bicyclic) bond motifs is 1. The van der Waals surface area contributed by atoms with Crippen LogP contribution in [0.1, 0.15) is 0 Å². The Hall–Kier alpha value is -3.27. The van der Waals surface area contributed by atoms with Crippen molar-refractivity contribution >= 4 is 56.0 Å². The summed E-state index contributed by atoms with van der Waals surface area (Å²) in [4.78, 5) is 18.5. The number of amides is 1. The second-order valence-corrected chi connectivity index (χ2v) is 8.94. The molecule has 0 fully saturated rings. The number of aromatic nitrogens is 2. The van der Waals surface area contributed by atoms with Crippen molar-refractivity contribution in [2.24, 2.45) is 5.73 Å². The lowest BCUT2D eigenvalue weighted by Gasteiger charge is -2.09. The highest BCUT2D eigenvalue weighted by molar-refractivity contribution is 7.92. The number of carbonyl (C=O) groups is 1. The molecule has 1 aromatic heterocycles. The number of carbonyl (C=O) groups excluding carboxylic acids is 1. The first kappa shape index (κ1) is 21.0. The fraction of sp³-hybridized carbons (Fsp3) is 0. The fourth-order valence-electron chi connectivity index (χ4n) is 2.87. The average Bonchev–Trinajstić information content (AvgIpc) is 3.13. The number of aromatic amines is 1. The summed E-state index contributed by atoms with van der Waals surface area (Å²) in [5, 5.41) is 0.569. The predicted octanol–water partition coefficient (Wildman–Crippen LogP) is 4.80. The number of anilines is 1. The lowest BCUT2D eigenvalue weighted by Crippen LogP contribution is -2.16. The number of rotatable bonds is 5. The minimum Gasteiger partial charge on any atom is -0.410 e. The van der Waals surface area contributed by atoms with E-state index in [9.17, 15) is 13.2 Å². The van der Waals surface area contributed by atoms with Gasteiger partial charge in [0.1, 0.15) is 11.6 Å². The number of H-pyrrole nitrogens is 1. The number of nitrogens with zero attached hydrogens (tertiary/aromatic N) is 1. The lowest BCUT2D eigenvalue weighted by molar-refractivity contribution is 0.211. The number of primary amides is 1. The first-order valence-corrected chi connectivity index (χ1v) is 11.0. The zero-order valence-corrected chi connectivity index (χ0v) is 17.9. The van der Waals surface area contributed by atoms with Gasteiger partial charge in [0.25, 0.3) is 10.0 Å². The van der Waals surface area contributed by atoms with Gasteiger partial charge in [-0.3, -0.25) is 4.72 Å². The van der Waals surface area contributed by atoms with E-state index in [4.69, 9.17) is 33.7 Å². The molecule has 0 spiro atoms. The zero-order chi connectivity index (χ0) is 22.2. The smallest absolute Gasteiger partial charge is 0.409 e. The second-order valence-electron chi connectivity index (χ2n) is 6.44. The van der Waals surface area contributed by atoms with E-state index in [1.54, 1.807) is 30.3 Å². The van der Waals surface area contributed by atoms with Gasteiger partial charge in [-0.2, -0.15) is 0 Å². The van der Waals surface area contributed by atoms with E-state index >= 15 is 0 Å². The molecule has 158 valence electrons. The van der Waals surface area contributed by atoms with Gasteiger partial charge in [0.2, 0.25) is 0 Å². The molecule has 4 rings (SSSR count). The van der Waals surface area contributed by atoms with Crippen molar-refractivity contribution < 1.29 is 17.9 Å². The third-order valence-electron chi connectivity index (χ3n) is 4.28. The quantitative estimate of drug-likeness (QED) is 0.381. The molecule has 0 aliphatic rings. The Morgan fingerprint density at radius 3 is 2.42 bits per heavy atom. The van der Waals surface area contributed by atoms with Crippen LogP contribution in [0.3, 0.4) is 0 Å². The van der Waals surface area contributed by atoms with Crippen molar-refractivity contribution in [3.05, 3.63) is 70.7 Å². The molecule has 31 heavy (non-hydrogen) atoms. The number of halogens is 2. The van der Waals surface area contributed by atoms with Crippen LogP contribution in [0, 0.1) is 0 Å². The molecule has 0 aliphatic carbocycles. The Morgan fingerprint density at radius 1 is 1.00 bits per heavy atom. The maximum absolute atomic E-state index is 12.6. The molecular weight excluding hydrogens is 463 g/mol. The van der Waals surface area contributed by atoms with E-state index in [-0.39, 0.29) is 15.7 Å². The molecule has 0 bridgehead atoms. The van der Waals surface area contributed by atoms with Crippen LogP contribution in [0.15, 0.2) is 65.6 Å². The normalized spacial score (nSPS) is 11.4. The van der Waals surface area contributed by atoms with E-state index in [1.807, 2.05) is 0 Å². The summed E-state index contributed by atoms with van der Waals surface area (Å²) < 4.78 is 32.6. The van der Waals surface area contributed by atoms with Gasteiger partial charge < -0.3 is 15.5 Å². The Morgan fingerprint density at radius 2 is 1.74 bits per heavy atom. The van der Waals surface area contributed by atoms with Crippen LogP contribution in [0.4, 0.5) is 10.5 Å². The number of hydrogen-bond donors (Lipinski definition) is 3. The third kappa shape index (κ3) is 4.58. The Labute approximate surface area is 187 Å². The number of sulfonamides is 1. The van der Waals surface area contributed by atoms with Gasteiger partial charge in [0.05, 0.1) is 31.7 Å². The van der Waals surface area contributed by atoms with Crippen molar-refractivity contribution in [2.45, 2.75) is 4.90 Å². The highest BCUT2D eigenvalue weighted by atomic mass is 35.5. The van der Waals surface area contributed by atoms with Crippen LogP contribution >= 0.6 is 23.2 Å². The summed E-state index contributed by atoms with van der Waals surface area (Å²) in [6.07, 6.45) is -0.915. The summed E-state index contributed by atoms with van der Waals surface area (Å²) in [5.41, 5.74) is 7.26. The maximum atomic E-state index is 12.6. The molecule has 4 N–H and O–H groups in total. The van der Waals surface area contributed by atoms with Gasteiger partial charge in [-0.25, -0.2) is 18.2 Å². The molecule has 11 heteroatoms. The molecule has 0 saturated heterocycles. The number of ether oxygens (including phenoxy) is 1.